The summed E-state index contributed by atoms with van der Waals surface area (Å²) >= 11 is 0. The van der Waals surface area contributed by atoms with Crippen molar-refractivity contribution in [2.75, 3.05) is 14.1 Å². The Balaban J connectivity index is 2.49. The fourth-order valence-corrected chi connectivity index (χ4v) is 0.611. The number of nitrogens with zero attached hydrogens (tertiary/aromatic N) is 2. The molecule has 0 saturated heterocycles. The minimum Gasteiger partial charge on any atom is -0.365 e. The van der Waals surface area contributed by atoms with Crippen molar-refractivity contribution in [3.8, 4) is 0 Å². The van der Waals surface area contributed by atoms with Crippen LogP contribution in [0.25, 0.3) is 0 Å². The third-order valence-electron chi connectivity index (χ3n) is 1.11. The molecule has 1 N–H and O–H groups in total. The number of hydrazine groups is 1. The molecule has 0 radical (unpaired) electrons. The molecule has 50 valence electrons. The molecule has 0 bridgehead atoms. The molecule has 0 aromatic rings. The zero-order valence-electron chi connectivity index (χ0n) is 5.70. The van der Waals surface area contributed by atoms with Gasteiger partial charge in [-0.15, -0.1) is 0 Å². The minimum atomic E-state index is 1.88. The standard InChI is InChI=1S/C6H11N3/c1-8(2)9-5-3-7-4-6-9/h3-7H,1-2H3. The Kier molecular flexibility index (Phi) is 1.75. The zero-order chi connectivity index (χ0) is 6.69. The number of nitrogens with one attached hydrogen (secondary N) is 1. The second kappa shape index (κ2) is 2.55. The first-order valence-corrected chi connectivity index (χ1v) is 2.85. The fourth-order valence-electron chi connectivity index (χ4n) is 0.611. The van der Waals surface area contributed by atoms with Gasteiger partial charge >= 0.3 is 0 Å². The van der Waals surface area contributed by atoms with Crippen molar-refractivity contribution >= 4 is 0 Å². The topological polar surface area (TPSA) is 18.5 Å². The first kappa shape index (κ1) is 6.16. The molecule has 3 nitrogen and oxygen atoms in total. The van der Waals surface area contributed by atoms with E-state index >= 15 is 0 Å². The van der Waals surface area contributed by atoms with E-state index < -0.39 is 0 Å². The molecule has 1 rings (SSSR count). The summed E-state index contributed by atoms with van der Waals surface area (Å²) in [6.45, 7) is 0. The first-order chi connectivity index (χ1) is 4.30. The molecular weight excluding hydrogens is 114 g/mol. The minimum absolute atomic E-state index is 1.88. The van der Waals surface area contributed by atoms with Crippen LogP contribution in [0, 0.1) is 0 Å². The maximum Gasteiger partial charge on any atom is 0.0372 e. The van der Waals surface area contributed by atoms with Crippen molar-refractivity contribution in [2.45, 2.75) is 0 Å². The second-order valence-electron chi connectivity index (χ2n) is 2.03. The van der Waals surface area contributed by atoms with Crippen LogP contribution < -0.4 is 5.32 Å². The van der Waals surface area contributed by atoms with Crippen LogP contribution in [0.3, 0.4) is 0 Å². The third kappa shape index (κ3) is 1.47. The van der Waals surface area contributed by atoms with Crippen molar-refractivity contribution in [2.24, 2.45) is 0 Å². The van der Waals surface area contributed by atoms with Gasteiger partial charge in [-0.3, -0.25) is 5.01 Å². The number of hydrogen-bond donors (Lipinski definition) is 1. The average Bonchev–Trinajstić information content (AvgIpc) is 1.90. The predicted octanol–water partition coefficient (Wildman–Crippen LogP) is 0.311. The zero-order valence-corrected chi connectivity index (χ0v) is 5.70. The monoisotopic (exact) mass is 125 g/mol. The first-order valence-electron chi connectivity index (χ1n) is 2.85. The molecule has 0 aliphatic carbocycles. The van der Waals surface area contributed by atoms with E-state index in [-0.39, 0.29) is 0 Å². The highest BCUT2D eigenvalue weighted by molar-refractivity contribution is 4.96. The van der Waals surface area contributed by atoms with E-state index in [4.69, 9.17) is 0 Å². The number of rotatable bonds is 1. The number of hydrogen-bond acceptors (Lipinski definition) is 3. The van der Waals surface area contributed by atoms with E-state index in [2.05, 4.69) is 5.32 Å². The smallest absolute Gasteiger partial charge is 0.0372 e. The summed E-state index contributed by atoms with van der Waals surface area (Å²) in [6.07, 6.45) is 7.64. The molecule has 0 atom stereocenters. The van der Waals surface area contributed by atoms with E-state index in [1.807, 2.05) is 48.9 Å². The largest absolute Gasteiger partial charge is 0.365 e. The van der Waals surface area contributed by atoms with Crippen molar-refractivity contribution < 1.29 is 0 Å². The SMILES string of the molecule is CN(C)N1C=CNC=C1. The summed E-state index contributed by atoms with van der Waals surface area (Å²) in [4.78, 5) is 0. The van der Waals surface area contributed by atoms with Crippen LogP contribution in [0.5, 0.6) is 0 Å². The normalized spacial score (nSPS) is 16.6. The van der Waals surface area contributed by atoms with Crippen molar-refractivity contribution in [1.29, 1.82) is 0 Å². The van der Waals surface area contributed by atoms with Crippen molar-refractivity contribution in [1.82, 2.24) is 15.3 Å². The lowest BCUT2D eigenvalue weighted by molar-refractivity contribution is 0.139. The van der Waals surface area contributed by atoms with Gasteiger partial charge in [-0.2, -0.15) is 0 Å². The Labute approximate surface area is 55.2 Å². The van der Waals surface area contributed by atoms with Gasteiger partial charge in [0.05, 0.1) is 0 Å². The van der Waals surface area contributed by atoms with E-state index in [0.717, 1.165) is 0 Å². The highest BCUT2D eigenvalue weighted by atomic mass is 15.6. The predicted molar refractivity (Wildman–Crippen MR) is 36.9 cm³/mol. The van der Waals surface area contributed by atoms with Crippen LogP contribution in [0.4, 0.5) is 0 Å². The molecule has 0 fully saturated rings. The summed E-state index contributed by atoms with van der Waals surface area (Å²) < 4.78 is 0. The van der Waals surface area contributed by atoms with Gasteiger partial charge in [0.15, 0.2) is 0 Å². The fraction of sp³-hybridized carbons (Fsp3) is 0.333. The Hall–Kier alpha value is -0.960. The Morgan fingerprint density at radius 1 is 1.22 bits per heavy atom. The van der Waals surface area contributed by atoms with Gasteiger partial charge in [0.25, 0.3) is 0 Å². The van der Waals surface area contributed by atoms with Crippen molar-refractivity contribution in [3.05, 3.63) is 24.8 Å². The van der Waals surface area contributed by atoms with Crippen LogP contribution in [-0.2, 0) is 0 Å². The average molecular weight is 125 g/mol. The highest BCUT2D eigenvalue weighted by Gasteiger charge is 1.96. The molecule has 1 aliphatic rings. The summed E-state index contributed by atoms with van der Waals surface area (Å²) in [5, 5.41) is 6.89. The van der Waals surface area contributed by atoms with Crippen LogP contribution in [0.15, 0.2) is 24.8 Å². The Bertz CT molecular complexity index is 125. The van der Waals surface area contributed by atoms with Gasteiger partial charge in [0.2, 0.25) is 0 Å². The van der Waals surface area contributed by atoms with Gasteiger partial charge in [0.1, 0.15) is 0 Å². The molecule has 1 heterocycles. The van der Waals surface area contributed by atoms with Gasteiger partial charge in [0, 0.05) is 38.9 Å². The summed E-state index contributed by atoms with van der Waals surface area (Å²) in [5.74, 6) is 0. The summed E-state index contributed by atoms with van der Waals surface area (Å²) in [6, 6.07) is 0. The molecule has 0 amide bonds. The summed E-state index contributed by atoms with van der Waals surface area (Å²) in [5.41, 5.74) is 0. The lowest BCUT2D eigenvalue weighted by Crippen LogP contribution is -2.29. The molecular formula is C6H11N3. The van der Waals surface area contributed by atoms with Crippen LogP contribution >= 0.6 is 0 Å². The van der Waals surface area contributed by atoms with E-state index in [0.29, 0.717) is 0 Å². The second-order valence-corrected chi connectivity index (χ2v) is 2.03. The maximum absolute atomic E-state index is 2.94. The highest BCUT2D eigenvalue weighted by Crippen LogP contribution is 1.95. The van der Waals surface area contributed by atoms with Crippen LogP contribution in [0.2, 0.25) is 0 Å². The quantitative estimate of drug-likeness (QED) is 0.544. The lowest BCUT2D eigenvalue weighted by atomic mass is 10.7. The van der Waals surface area contributed by atoms with E-state index in [1.165, 1.54) is 0 Å². The molecule has 3 heteroatoms. The van der Waals surface area contributed by atoms with E-state index in [1.54, 1.807) is 0 Å². The van der Waals surface area contributed by atoms with Crippen molar-refractivity contribution in [3.63, 3.8) is 0 Å². The van der Waals surface area contributed by atoms with E-state index in [9.17, 15) is 0 Å². The molecule has 0 spiro atoms. The maximum atomic E-state index is 2.94. The molecule has 0 unspecified atom stereocenters. The lowest BCUT2D eigenvalue weighted by Gasteiger charge is -2.24. The Morgan fingerprint density at radius 2 is 1.78 bits per heavy atom. The molecule has 1 aliphatic heterocycles. The third-order valence-corrected chi connectivity index (χ3v) is 1.11. The van der Waals surface area contributed by atoms with Gasteiger partial charge < -0.3 is 5.32 Å². The van der Waals surface area contributed by atoms with Gasteiger partial charge in [-0.1, -0.05) is 0 Å². The molecule has 0 aromatic heterocycles. The van der Waals surface area contributed by atoms with Gasteiger partial charge in [-0.25, -0.2) is 5.01 Å². The summed E-state index contributed by atoms with van der Waals surface area (Å²) in [7, 11) is 3.97. The van der Waals surface area contributed by atoms with Crippen LogP contribution in [0.1, 0.15) is 0 Å². The molecule has 0 aromatic carbocycles. The molecule has 9 heavy (non-hydrogen) atoms. The molecule has 0 saturated carbocycles. The Morgan fingerprint density at radius 3 is 2.11 bits per heavy atom. The van der Waals surface area contributed by atoms with Crippen LogP contribution in [-0.4, -0.2) is 24.1 Å². The van der Waals surface area contributed by atoms with Gasteiger partial charge in [-0.05, 0) is 0 Å².